The summed E-state index contributed by atoms with van der Waals surface area (Å²) in [5, 5.41) is 61.8. The van der Waals surface area contributed by atoms with Gasteiger partial charge in [0.05, 0.1) is 29.6 Å². The van der Waals surface area contributed by atoms with Crippen LogP contribution in [0.2, 0.25) is 0 Å². The normalized spacial score (nSPS) is 18.6. The van der Waals surface area contributed by atoms with Gasteiger partial charge < -0.3 is 56.8 Å². The first-order chi connectivity index (χ1) is 39.7. The number of imidazole rings is 1. The number of nitrogens with zero attached hydrogens (tertiary/aromatic N) is 10. The predicted octanol–water partition coefficient (Wildman–Crippen LogP) is 5.93. The highest BCUT2D eigenvalue weighted by Crippen LogP contribution is 2.39. The van der Waals surface area contributed by atoms with Crippen molar-refractivity contribution >= 4 is 115 Å². The Kier molecular flexibility index (Phi) is 16.9. The van der Waals surface area contributed by atoms with Gasteiger partial charge in [-0.1, -0.05) is 19.9 Å². The molecule has 10 rings (SSSR count). The lowest BCUT2D eigenvalue weighted by atomic mass is 10.1. The van der Waals surface area contributed by atoms with Crippen LogP contribution < -0.4 is 31.9 Å². The minimum absolute atomic E-state index is 0.0501. The largest absolute Gasteiger partial charge is 0.391 e. The summed E-state index contributed by atoms with van der Waals surface area (Å²) in [6.07, 6.45) is 1.18. The van der Waals surface area contributed by atoms with E-state index in [9.17, 15) is 49.1 Å². The topological polar surface area (TPSA) is 366 Å². The number of aryl methyl sites for hydroxylation is 1. The third kappa shape index (κ3) is 12.5. The second-order valence-corrected chi connectivity index (χ2v) is 24.8. The molecule has 6 amide bonds. The summed E-state index contributed by atoms with van der Waals surface area (Å²) in [4.78, 5) is 130. The van der Waals surface area contributed by atoms with E-state index in [1.54, 1.807) is 58.1 Å². The average Bonchev–Trinajstić information content (AvgIpc) is 2.96. The summed E-state index contributed by atoms with van der Waals surface area (Å²) in [5.74, 6) is -3.65. The van der Waals surface area contributed by atoms with E-state index >= 15 is 0 Å². The van der Waals surface area contributed by atoms with Crippen molar-refractivity contribution < 1.29 is 43.9 Å². The molecule has 430 valence electrons. The number of aliphatic hydroxyl groups excluding tert-OH is 2. The smallest absolute Gasteiger partial charge is 0.381 e. The minimum atomic E-state index is -1.46. The van der Waals surface area contributed by atoms with Crippen LogP contribution >= 0.6 is 68.0 Å². The van der Waals surface area contributed by atoms with Crippen molar-refractivity contribution in [2.45, 2.75) is 96.8 Å². The van der Waals surface area contributed by atoms with Crippen molar-refractivity contribution in [1.29, 1.82) is 0 Å². The first kappa shape index (κ1) is 58.2. The van der Waals surface area contributed by atoms with Crippen LogP contribution in [0, 0.1) is 23.0 Å². The van der Waals surface area contributed by atoms with Crippen molar-refractivity contribution in [2.75, 3.05) is 6.54 Å². The van der Waals surface area contributed by atoms with Gasteiger partial charge in [0.1, 0.15) is 93.7 Å². The molecule has 0 radical (unpaired) electrons. The van der Waals surface area contributed by atoms with Gasteiger partial charge in [-0.2, -0.15) is 0 Å². The molecule has 8 aromatic heterocycles. The third-order valence-corrected chi connectivity index (χ3v) is 18.5. The number of allylic oxidation sites excluding steroid dienone is 1. The Hall–Kier alpha value is -7.98. The van der Waals surface area contributed by atoms with Gasteiger partial charge in [-0.3, -0.25) is 28.8 Å². The molecule has 8 N–H and O–H groups in total. The molecular weight excluding hydrogens is 1190 g/mol. The number of rotatable bonds is 12. The second kappa shape index (κ2) is 24.1. The van der Waals surface area contributed by atoms with Crippen molar-refractivity contribution in [3.63, 3.8) is 0 Å². The molecule has 2 aliphatic rings. The number of nitro groups is 1. The molecule has 8 bridgehead atoms. The summed E-state index contributed by atoms with van der Waals surface area (Å²) in [7, 11) is 0. The van der Waals surface area contributed by atoms with Crippen molar-refractivity contribution in [1.82, 2.24) is 76.3 Å². The average molecular weight is 1240 g/mol. The molecule has 8 aromatic rings. The molecule has 9 heterocycles. The van der Waals surface area contributed by atoms with E-state index < -0.39 is 70.3 Å². The number of carbonyl (C=O) groups excluding carboxylic acids is 6. The zero-order valence-corrected chi connectivity index (χ0v) is 49.5. The number of amides is 6. The van der Waals surface area contributed by atoms with Gasteiger partial charge in [-0.05, 0) is 61.6 Å². The van der Waals surface area contributed by atoms with Gasteiger partial charge in [0.15, 0.2) is 0 Å². The number of aliphatic hydroxyl groups is 2. The number of hydrogen-bond donors (Lipinski definition) is 8. The lowest BCUT2D eigenvalue weighted by Crippen LogP contribution is -2.52. The SMILES string of the molecule is C/C=C1\NC(=O)[C@H]([C@@H](C)O)NC(=O)c2csc(n2)-c2ccc(-c3nc(-c4nc(C(=O)NC5(C(=O)NCCn6cc([N+](=O)[O-])nc6C)CC5)cs4)cs3)nc2-c2csc(n2)[C@H]([C@@H](C)O)NC(=O)c2csc(n2)[C@H](C(C)C)NC(=O)c2csc1n2. The molecule has 32 heteroatoms. The fraction of sp³-hybridized carbons (Fsp3) is 0.333. The van der Waals surface area contributed by atoms with Gasteiger partial charge in [0, 0.05) is 57.9 Å². The molecule has 5 atom stereocenters. The number of nitrogens with one attached hydrogen (secondary N) is 6. The monoisotopic (exact) mass is 1240 g/mol. The summed E-state index contributed by atoms with van der Waals surface area (Å²) < 4.78 is 1.56. The first-order valence-corrected chi connectivity index (χ1v) is 30.8. The molecule has 1 saturated carbocycles. The Morgan fingerprint density at radius 3 is 1.92 bits per heavy atom. The fourth-order valence-electron chi connectivity index (χ4n) is 8.50. The van der Waals surface area contributed by atoms with Crippen molar-refractivity contribution in [2.24, 2.45) is 5.92 Å². The van der Waals surface area contributed by atoms with Crippen LogP contribution in [-0.2, 0) is 16.1 Å². The molecule has 1 fully saturated rings. The van der Waals surface area contributed by atoms with Gasteiger partial charge >= 0.3 is 5.82 Å². The lowest BCUT2D eigenvalue weighted by Gasteiger charge is -2.21. The Morgan fingerprint density at radius 1 is 0.711 bits per heavy atom. The van der Waals surface area contributed by atoms with Gasteiger partial charge in [-0.15, -0.1) is 68.0 Å². The standard InChI is InChI=1S/C51H50N16O10S6/c1-7-26-45-58-30(17-79-45)39(70)62-35(21(2)3)48-60-31(18-83-48)41(72)64-37(23(5)69)49-56-28(15-82-49)38-25(44-57-29(16-78-44)40(71)63-36(22(4)68)43(74)55-26)8-9-27(54-38)46-61-33(20-81-46)47-59-32(19-80-47)42(73)65-51(10-11-51)50(75)52-12-13-66-14-34(67(76)77)53-24(66)6/h7-9,14-23,35-37,68-69H,10-13H2,1-6H3,(H,52,75)(H,55,74)(H,62,70)(H,63,71)(H,64,72)(H,65,73)/b26-7-/t22-,23-,35+,36+,37+/m1/s1. The van der Waals surface area contributed by atoms with Crippen LogP contribution in [0.25, 0.3) is 49.1 Å². The maximum Gasteiger partial charge on any atom is 0.381 e. The summed E-state index contributed by atoms with van der Waals surface area (Å²) in [6, 6.07) is 0.335. The molecule has 0 spiro atoms. The molecule has 26 nitrogen and oxygen atoms in total. The molecular formula is C51H50N16O10S6. The van der Waals surface area contributed by atoms with Crippen LogP contribution in [0.5, 0.6) is 0 Å². The highest BCUT2D eigenvalue weighted by molar-refractivity contribution is 7.15. The van der Waals surface area contributed by atoms with Gasteiger partial charge in [0.25, 0.3) is 23.6 Å². The summed E-state index contributed by atoms with van der Waals surface area (Å²) in [6.45, 7) is 10.3. The molecule has 0 saturated heterocycles. The highest BCUT2D eigenvalue weighted by Gasteiger charge is 2.51. The van der Waals surface area contributed by atoms with Gasteiger partial charge in [-0.25, -0.2) is 34.9 Å². The molecule has 0 unspecified atom stereocenters. The van der Waals surface area contributed by atoms with Crippen LogP contribution in [0.15, 0.2) is 56.7 Å². The molecule has 83 heavy (non-hydrogen) atoms. The summed E-state index contributed by atoms with van der Waals surface area (Å²) >= 11 is 6.96. The maximum atomic E-state index is 13.9. The molecule has 1 aliphatic carbocycles. The van der Waals surface area contributed by atoms with Crippen LogP contribution in [0.3, 0.4) is 0 Å². The molecule has 0 aromatic carbocycles. The number of hydrogen-bond acceptors (Lipinski definition) is 24. The van der Waals surface area contributed by atoms with Gasteiger partial charge in [0.2, 0.25) is 17.6 Å². The van der Waals surface area contributed by atoms with Crippen LogP contribution in [-0.4, -0.2) is 125 Å². The van der Waals surface area contributed by atoms with E-state index in [4.69, 9.17) is 15.0 Å². The quantitative estimate of drug-likeness (QED) is 0.0519. The second-order valence-electron chi connectivity index (χ2n) is 19.5. The Labute approximate surface area is 495 Å². The fourth-order valence-corrected chi connectivity index (χ4v) is 13.7. The highest BCUT2D eigenvalue weighted by atomic mass is 32.1. The number of carbonyl (C=O) groups is 6. The van der Waals surface area contributed by atoms with Crippen molar-refractivity contribution in [3.05, 3.63) is 110 Å². The number of thiazole rings is 6. The van der Waals surface area contributed by atoms with E-state index in [-0.39, 0.29) is 64.2 Å². The van der Waals surface area contributed by atoms with Crippen LogP contribution in [0.4, 0.5) is 5.82 Å². The Morgan fingerprint density at radius 2 is 1.27 bits per heavy atom. The number of pyridine rings is 1. The number of aromatic nitrogens is 9. The first-order valence-electron chi connectivity index (χ1n) is 25.5. The Balaban J connectivity index is 0.931. The van der Waals surface area contributed by atoms with Crippen molar-refractivity contribution in [3.8, 4) is 43.4 Å². The number of fused-ring (bicyclic) bond motifs is 11. The van der Waals surface area contributed by atoms with E-state index in [1.165, 1.54) is 64.8 Å². The summed E-state index contributed by atoms with van der Waals surface area (Å²) in [5.41, 5.74) is 1.11. The third-order valence-electron chi connectivity index (χ3n) is 13.2. The van der Waals surface area contributed by atoms with E-state index in [2.05, 4.69) is 56.8 Å². The predicted molar refractivity (Wildman–Crippen MR) is 311 cm³/mol. The van der Waals surface area contributed by atoms with Crippen LogP contribution in [0.1, 0.15) is 122 Å². The van der Waals surface area contributed by atoms with E-state index in [1.807, 2.05) is 13.8 Å². The van der Waals surface area contributed by atoms with E-state index in [0.29, 0.717) is 72.0 Å². The van der Waals surface area contributed by atoms with E-state index in [0.717, 1.165) is 34.0 Å². The zero-order valence-electron chi connectivity index (χ0n) is 44.6. The maximum absolute atomic E-state index is 13.9. The Bertz CT molecular complexity index is 3860. The molecule has 1 aliphatic heterocycles. The minimum Gasteiger partial charge on any atom is -0.391 e. The zero-order chi connectivity index (χ0) is 59.0. The lowest BCUT2D eigenvalue weighted by molar-refractivity contribution is -0.389.